The Balaban J connectivity index is 4.07. The highest BCUT2D eigenvalue weighted by Gasteiger charge is 2.00. The van der Waals surface area contributed by atoms with Crippen LogP contribution in [0.3, 0.4) is 0 Å². The van der Waals surface area contributed by atoms with Crippen molar-refractivity contribution in [2.24, 2.45) is 5.92 Å². The fourth-order valence-corrected chi connectivity index (χ4v) is 2.31. The van der Waals surface area contributed by atoms with Crippen LogP contribution in [0.1, 0.15) is 90.9 Å². The van der Waals surface area contributed by atoms with Gasteiger partial charge in [-0.25, -0.2) is 0 Å². The predicted molar refractivity (Wildman–Crippen MR) is 102 cm³/mol. The monoisotopic (exact) mass is 308 g/mol. The first-order valence-electron chi connectivity index (χ1n) is 9.29. The molecule has 0 aromatic rings. The topological polar surface area (TPSA) is 0 Å². The first kappa shape index (κ1) is 21.2. The van der Waals surface area contributed by atoms with Crippen LogP contribution >= 0.6 is 0 Å². The van der Waals surface area contributed by atoms with Crippen LogP contribution in [-0.2, 0) is 0 Å². The molecule has 0 bridgehead atoms. The van der Waals surface area contributed by atoms with Gasteiger partial charge in [0.1, 0.15) is 0 Å². The summed E-state index contributed by atoms with van der Waals surface area (Å²) in [5, 5.41) is 0. The Hall–Kier alpha value is -1.76. The van der Waals surface area contributed by atoms with E-state index in [0.717, 1.165) is 12.8 Å². The largest absolute Gasteiger partial charge is 0.106 e. The molecule has 0 heteroatoms. The third kappa shape index (κ3) is 16.4. The van der Waals surface area contributed by atoms with Gasteiger partial charge in [0.15, 0.2) is 0 Å². The first-order chi connectivity index (χ1) is 11.3. The Morgan fingerprint density at radius 3 is 1.96 bits per heavy atom. The van der Waals surface area contributed by atoms with Gasteiger partial charge in [0.25, 0.3) is 0 Å². The summed E-state index contributed by atoms with van der Waals surface area (Å²) in [5.74, 6) is 20.5. The molecule has 124 valence electrons. The zero-order chi connectivity index (χ0) is 17.0. The molecule has 23 heavy (non-hydrogen) atoms. The highest BCUT2D eigenvalue weighted by Crippen LogP contribution is 2.10. The summed E-state index contributed by atoms with van der Waals surface area (Å²) in [6.45, 7) is 4.47. The number of hydrogen-bond acceptors (Lipinski definition) is 0. The van der Waals surface area contributed by atoms with Crippen molar-refractivity contribution in [3.63, 3.8) is 0 Å². The molecule has 0 saturated heterocycles. The standard InChI is InChI=1S/C23H32/c1-4-7-10-12-13-14-15-17-19-22-23(20-9-6-3)21-18-16-11-8-5-2/h3,23H,4-5,7-8,10-14,16,18,21H2,1-2H3. The van der Waals surface area contributed by atoms with E-state index in [1.54, 1.807) is 0 Å². The molecule has 0 aromatic heterocycles. The summed E-state index contributed by atoms with van der Waals surface area (Å²) in [4.78, 5) is 0. The number of terminal acetylenes is 1. The van der Waals surface area contributed by atoms with E-state index in [2.05, 4.69) is 55.3 Å². The summed E-state index contributed by atoms with van der Waals surface area (Å²) in [6, 6.07) is 0. The van der Waals surface area contributed by atoms with Crippen molar-refractivity contribution < 1.29 is 0 Å². The van der Waals surface area contributed by atoms with Gasteiger partial charge in [-0.1, -0.05) is 89.4 Å². The minimum absolute atomic E-state index is 0.0755. The summed E-state index contributed by atoms with van der Waals surface area (Å²) in [6.07, 6.45) is 19.9. The van der Waals surface area contributed by atoms with Crippen LogP contribution in [-0.4, -0.2) is 0 Å². The normalized spacial score (nSPS) is 10.1. The Morgan fingerprint density at radius 1 is 0.696 bits per heavy atom. The molecule has 0 aliphatic rings. The summed E-state index contributed by atoms with van der Waals surface area (Å²) >= 11 is 0. The molecule has 1 unspecified atom stereocenters. The highest BCUT2D eigenvalue weighted by atomic mass is 14.0. The van der Waals surface area contributed by atoms with E-state index >= 15 is 0 Å². The fraction of sp³-hybridized carbons (Fsp3) is 0.652. The quantitative estimate of drug-likeness (QED) is 0.326. The smallest absolute Gasteiger partial charge is 0.0831 e. The van der Waals surface area contributed by atoms with Gasteiger partial charge in [-0.3, -0.25) is 0 Å². The first-order valence-corrected chi connectivity index (χ1v) is 9.29. The van der Waals surface area contributed by atoms with Gasteiger partial charge >= 0.3 is 0 Å². The van der Waals surface area contributed by atoms with Gasteiger partial charge < -0.3 is 0 Å². The molecule has 0 nitrogen and oxygen atoms in total. The predicted octanol–water partition coefficient (Wildman–Crippen LogP) is 5.97. The number of unbranched alkanes of at least 4 members (excludes halogenated alkanes) is 9. The fourth-order valence-electron chi connectivity index (χ4n) is 2.31. The van der Waals surface area contributed by atoms with Gasteiger partial charge in [0.05, 0.1) is 5.92 Å². The zero-order valence-electron chi connectivity index (χ0n) is 15.1. The van der Waals surface area contributed by atoms with Crippen LogP contribution in [0.2, 0.25) is 0 Å². The van der Waals surface area contributed by atoms with Crippen molar-refractivity contribution in [1.82, 2.24) is 0 Å². The van der Waals surface area contributed by atoms with Gasteiger partial charge in [-0.15, -0.1) is 6.42 Å². The van der Waals surface area contributed by atoms with Crippen LogP contribution in [0.4, 0.5) is 0 Å². The highest BCUT2D eigenvalue weighted by molar-refractivity contribution is 5.32. The summed E-state index contributed by atoms with van der Waals surface area (Å²) < 4.78 is 0. The molecule has 0 amide bonds. The molecule has 0 aliphatic carbocycles. The molecular weight excluding hydrogens is 276 g/mol. The number of hydrogen-bond donors (Lipinski definition) is 0. The Labute approximate surface area is 145 Å². The third-order valence-corrected chi connectivity index (χ3v) is 3.72. The van der Waals surface area contributed by atoms with Crippen LogP contribution in [0, 0.1) is 53.8 Å². The van der Waals surface area contributed by atoms with Gasteiger partial charge in [0, 0.05) is 6.42 Å². The SMILES string of the molecule is C#CC#CC(C#CC#CCCCCCCC)CCCCCCC. The van der Waals surface area contributed by atoms with Crippen molar-refractivity contribution in [3.05, 3.63) is 0 Å². The molecule has 0 spiro atoms. The van der Waals surface area contributed by atoms with E-state index in [1.807, 2.05) is 0 Å². The van der Waals surface area contributed by atoms with Crippen molar-refractivity contribution >= 4 is 0 Å². The van der Waals surface area contributed by atoms with Gasteiger partial charge in [-0.05, 0) is 36.5 Å². The third-order valence-electron chi connectivity index (χ3n) is 3.72. The molecule has 0 saturated carbocycles. The molecule has 0 N–H and O–H groups in total. The molecule has 0 rings (SSSR count). The second kappa shape index (κ2) is 18.3. The Morgan fingerprint density at radius 2 is 1.30 bits per heavy atom. The lowest BCUT2D eigenvalue weighted by Crippen LogP contribution is -1.93. The minimum Gasteiger partial charge on any atom is -0.106 e. The zero-order valence-corrected chi connectivity index (χ0v) is 15.1. The molecule has 0 heterocycles. The molecule has 1 atom stereocenters. The van der Waals surface area contributed by atoms with Gasteiger partial charge in [-0.2, -0.15) is 0 Å². The van der Waals surface area contributed by atoms with Gasteiger partial charge in [0.2, 0.25) is 0 Å². The lowest BCUT2D eigenvalue weighted by molar-refractivity contribution is 0.587. The van der Waals surface area contributed by atoms with Crippen molar-refractivity contribution in [1.29, 1.82) is 0 Å². The maximum Gasteiger partial charge on any atom is 0.0831 e. The average molecular weight is 309 g/mol. The Bertz CT molecular complexity index is 484. The van der Waals surface area contributed by atoms with Crippen molar-refractivity contribution in [2.45, 2.75) is 90.9 Å². The van der Waals surface area contributed by atoms with E-state index < -0.39 is 0 Å². The molecule has 0 aliphatic heterocycles. The second-order valence-electron chi connectivity index (χ2n) is 5.90. The minimum atomic E-state index is 0.0755. The lowest BCUT2D eigenvalue weighted by atomic mass is 10.0. The second-order valence-corrected chi connectivity index (χ2v) is 5.90. The van der Waals surface area contributed by atoms with Crippen molar-refractivity contribution in [2.75, 3.05) is 0 Å². The maximum absolute atomic E-state index is 5.22. The van der Waals surface area contributed by atoms with Crippen LogP contribution < -0.4 is 0 Å². The summed E-state index contributed by atoms with van der Waals surface area (Å²) in [7, 11) is 0. The Kier molecular flexibility index (Phi) is 16.9. The van der Waals surface area contributed by atoms with Crippen LogP contribution in [0.5, 0.6) is 0 Å². The van der Waals surface area contributed by atoms with Crippen LogP contribution in [0.25, 0.3) is 0 Å². The van der Waals surface area contributed by atoms with E-state index in [-0.39, 0.29) is 5.92 Å². The van der Waals surface area contributed by atoms with Crippen molar-refractivity contribution in [3.8, 4) is 47.9 Å². The number of rotatable bonds is 11. The van der Waals surface area contributed by atoms with E-state index in [4.69, 9.17) is 6.42 Å². The molecule has 0 aromatic carbocycles. The molecular formula is C23H32. The van der Waals surface area contributed by atoms with E-state index in [1.165, 1.54) is 64.2 Å². The average Bonchev–Trinajstić information content (AvgIpc) is 2.57. The molecule has 0 radical (unpaired) electrons. The lowest BCUT2D eigenvalue weighted by Gasteiger charge is -2.02. The molecule has 0 fully saturated rings. The maximum atomic E-state index is 5.22. The van der Waals surface area contributed by atoms with E-state index in [9.17, 15) is 0 Å². The van der Waals surface area contributed by atoms with E-state index in [0.29, 0.717) is 0 Å². The summed E-state index contributed by atoms with van der Waals surface area (Å²) in [5.41, 5.74) is 0. The van der Waals surface area contributed by atoms with Crippen LogP contribution in [0.15, 0.2) is 0 Å².